The highest BCUT2D eigenvalue weighted by molar-refractivity contribution is 5.71. The van der Waals surface area contributed by atoms with Crippen LogP contribution in [0.4, 0.5) is 0 Å². The Balaban J connectivity index is 4.42. The van der Waals surface area contributed by atoms with Crippen LogP contribution in [0.3, 0.4) is 0 Å². The number of carbonyl (C=O) groups excluding carboxylic acids is 3. The molecule has 6 nitrogen and oxygen atoms in total. The standard InChI is InChI=1S/C58H102O6/c1-4-7-10-13-16-19-22-25-27-29-30-32-33-36-39-42-45-48-51-57(60)63-54-55(53-62-56(59)50-47-44-41-38-35-24-21-18-15-12-9-6-3)64-58(61)52-49-46-43-40-37-34-31-28-26-23-20-17-14-11-8-5-2/h8,11,17,20,26,28,34,37,43,46,55H,4-7,9-10,12-16,18-19,21-25,27,29-33,35-36,38-42,44-45,47-54H2,1-3H3/b11-8-,20-17-,28-26-,37-34-,46-43-. The van der Waals surface area contributed by atoms with E-state index in [0.717, 1.165) is 70.6 Å². The van der Waals surface area contributed by atoms with Crippen LogP contribution in [0.25, 0.3) is 0 Å². The molecule has 0 aliphatic carbocycles. The van der Waals surface area contributed by atoms with Crippen LogP contribution in [0, 0.1) is 0 Å². The first-order chi connectivity index (χ1) is 31.5. The number of allylic oxidation sites excluding steroid dienone is 10. The van der Waals surface area contributed by atoms with Crippen molar-refractivity contribution in [1.29, 1.82) is 0 Å². The van der Waals surface area contributed by atoms with Gasteiger partial charge in [0.1, 0.15) is 13.2 Å². The Morgan fingerprint density at radius 2 is 0.609 bits per heavy atom. The van der Waals surface area contributed by atoms with Crippen LogP contribution in [0.2, 0.25) is 0 Å². The molecule has 6 heteroatoms. The maximum absolute atomic E-state index is 12.8. The lowest BCUT2D eigenvalue weighted by Gasteiger charge is -2.18. The van der Waals surface area contributed by atoms with Gasteiger partial charge in [0.2, 0.25) is 0 Å². The molecule has 0 aromatic heterocycles. The Labute approximate surface area is 396 Å². The van der Waals surface area contributed by atoms with Gasteiger partial charge in [0, 0.05) is 19.3 Å². The van der Waals surface area contributed by atoms with Gasteiger partial charge in [-0.25, -0.2) is 0 Å². The summed E-state index contributed by atoms with van der Waals surface area (Å²) < 4.78 is 16.8. The second kappa shape index (κ2) is 52.7. The molecule has 370 valence electrons. The van der Waals surface area contributed by atoms with Gasteiger partial charge in [0.05, 0.1) is 0 Å². The molecule has 64 heavy (non-hydrogen) atoms. The Bertz CT molecular complexity index is 1170. The monoisotopic (exact) mass is 895 g/mol. The van der Waals surface area contributed by atoms with Crippen LogP contribution in [-0.2, 0) is 28.6 Å². The molecule has 0 N–H and O–H groups in total. The van der Waals surface area contributed by atoms with Gasteiger partial charge in [-0.1, -0.05) is 261 Å². The summed E-state index contributed by atoms with van der Waals surface area (Å²) in [5.41, 5.74) is 0. The second-order valence-electron chi connectivity index (χ2n) is 18.1. The quantitative estimate of drug-likeness (QED) is 0.0262. The smallest absolute Gasteiger partial charge is 0.306 e. The van der Waals surface area contributed by atoms with Crippen molar-refractivity contribution in [2.75, 3.05) is 13.2 Å². The average Bonchev–Trinajstić information content (AvgIpc) is 3.29. The fourth-order valence-corrected chi connectivity index (χ4v) is 7.73. The highest BCUT2D eigenvalue weighted by Gasteiger charge is 2.19. The molecule has 0 saturated heterocycles. The van der Waals surface area contributed by atoms with Gasteiger partial charge in [0.25, 0.3) is 0 Å². The van der Waals surface area contributed by atoms with Crippen molar-refractivity contribution < 1.29 is 28.6 Å². The van der Waals surface area contributed by atoms with E-state index in [1.165, 1.54) is 154 Å². The zero-order valence-electron chi connectivity index (χ0n) is 42.3. The molecular formula is C58H102O6. The fourth-order valence-electron chi connectivity index (χ4n) is 7.73. The topological polar surface area (TPSA) is 78.9 Å². The summed E-state index contributed by atoms with van der Waals surface area (Å²) in [5, 5.41) is 0. The minimum absolute atomic E-state index is 0.100. The number of rotatable bonds is 49. The third kappa shape index (κ3) is 50.1. The predicted molar refractivity (Wildman–Crippen MR) is 275 cm³/mol. The van der Waals surface area contributed by atoms with Crippen LogP contribution in [-0.4, -0.2) is 37.2 Å². The molecule has 0 aliphatic rings. The maximum Gasteiger partial charge on any atom is 0.306 e. The molecule has 1 atom stereocenters. The molecule has 0 rings (SSSR count). The van der Waals surface area contributed by atoms with Gasteiger partial charge in [-0.3, -0.25) is 14.4 Å². The minimum Gasteiger partial charge on any atom is -0.462 e. The van der Waals surface area contributed by atoms with Gasteiger partial charge in [-0.2, -0.15) is 0 Å². The molecule has 0 fully saturated rings. The Hall–Kier alpha value is -2.89. The highest BCUT2D eigenvalue weighted by atomic mass is 16.6. The van der Waals surface area contributed by atoms with Crippen LogP contribution in [0.15, 0.2) is 60.8 Å². The van der Waals surface area contributed by atoms with Gasteiger partial charge >= 0.3 is 17.9 Å². The average molecular weight is 895 g/mol. The second-order valence-corrected chi connectivity index (χ2v) is 18.1. The van der Waals surface area contributed by atoms with Gasteiger partial charge in [0.15, 0.2) is 6.10 Å². The van der Waals surface area contributed by atoms with Crippen LogP contribution >= 0.6 is 0 Å². The SMILES string of the molecule is CC/C=C\C/C=C\C/C=C\C/C=C\C/C=C\CCC(=O)OC(COC(=O)CCCCCCCCCCCCCC)COC(=O)CCCCCCCCCCCCCCCCCCCC. The lowest BCUT2D eigenvalue weighted by molar-refractivity contribution is -0.166. The summed E-state index contributed by atoms with van der Waals surface area (Å²) in [7, 11) is 0. The summed E-state index contributed by atoms with van der Waals surface area (Å²) in [4.78, 5) is 38.0. The molecule has 1 unspecified atom stereocenters. The van der Waals surface area contributed by atoms with Crippen molar-refractivity contribution >= 4 is 17.9 Å². The number of esters is 3. The molecule has 0 radical (unpaired) electrons. The molecule has 0 heterocycles. The molecule has 0 spiro atoms. The van der Waals surface area contributed by atoms with E-state index >= 15 is 0 Å². The van der Waals surface area contributed by atoms with E-state index in [1.807, 2.05) is 6.08 Å². The predicted octanol–water partition coefficient (Wildman–Crippen LogP) is 18.0. The van der Waals surface area contributed by atoms with E-state index in [4.69, 9.17) is 14.2 Å². The molecule has 0 aliphatic heterocycles. The van der Waals surface area contributed by atoms with E-state index in [0.29, 0.717) is 19.3 Å². The summed E-state index contributed by atoms with van der Waals surface area (Å²) in [5.74, 6) is -0.974. The fraction of sp³-hybridized carbons (Fsp3) is 0.776. The van der Waals surface area contributed by atoms with E-state index in [2.05, 4.69) is 75.5 Å². The third-order valence-electron chi connectivity index (χ3n) is 11.8. The summed E-state index contributed by atoms with van der Waals surface area (Å²) in [6.07, 6.45) is 65.1. The number of unbranched alkanes of at least 4 members (excludes halogenated alkanes) is 28. The molecule has 0 bridgehead atoms. The van der Waals surface area contributed by atoms with Crippen LogP contribution in [0.1, 0.15) is 271 Å². The summed E-state index contributed by atoms with van der Waals surface area (Å²) in [6, 6.07) is 0. The van der Waals surface area contributed by atoms with Crippen molar-refractivity contribution in [3.63, 3.8) is 0 Å². The zero-order valence-corrected chi connectivity index (χ0v) is 42.3. The number of hydrogen-bond acceptors (Lipinski definition) is 6. The van der Waals surface area contributed by atoms with Crippen molar-refractivity contribution in [2.45, 2.75) is 277 Å². The molecule has 0 aromatic rings. The number of hydrogen-bond donors (Lipinski definition) is 0. The van der Waals surface area contributed by atoms with Gasteiger partial charge in [-0.15, -0.1) is 0 Å². The van der Waals surface area contributed by atoms with Crippen LogP contribution in [0.5, 0.6) is 0 Å². The zero-order chi connectivity index (χ0) is 46.5. The van der Waals surface area contributed by atoms with Crippen molar-refractivity contribution in [3.8, 4) is 0 Å². The lowest BCUT2D eigenvalue weighted by atomic mass is 10.0. The molecule has 0 saturated carbocycles. The lowest BCUT2D eigenvalue weighted by Crippen LogP contribution is -2.30. The number of ether oxygens (including phenoxy) is 3. The maximum atomic E-state index is 12.8. The molecule has 0 amide bonds. The van der Waals surface area contributed by atoms with Crippen molar-refractivity contribution in [1.82, 2.24) is 0 Å². The first-order valence-electron chi connectivity index (χ1n) is 27.3. The Morgan fingerprint density at radius 3 is 0.922 bits per heavy atom. The number of carbonyl (C=O) groups is 3. The Kier molecular flexibility index (Phi) is 50.4. The Morgan fingerprint density at radius 1 is 0.328 bits per heavy atom. The first-order valence-corrected chi connectivity index (χ1v) is 27.3. The normalized spacial score (nSPS) is 12.5. The van der Waals surface area contributed by atoms with Crippen molar-refractivity contribution in [3.05, 3.63) is 60.8 Å². The highest BCUT2D eigenvalue weighted by Crippen LogP contribution is 2.16. The summed E-state index contributed by atoms with van der Waals surface area (Å²) >= 11 is 0. The molecule has 0 aromatic carbocycles. The minimum atomic E-state index is -0.809. The summed E-state index contributed by atoms with van der Waals surface area (Å²) in [6.45, 7) is 6.48. The largest absolute Gasteiger partial charge is 0.462 e. The van der Waals surface area contributed by atoms with E-state index in [-0.39, 0.29) is 37.5 Å². The van der Waals surface area contributed by atoms with E-state index in [1.54, 1.807) is 0 Å². The third-order valence-corrected chi connectivity index (χ3v) is 11.8. The van der Waals surface area contributed by atoms with Gasteiger partial charge in [-0.05, 0) is 51.4 Å². The molecular weight excluding hydrogens is 793 g/mol. The van der Waals surface area contributed by atoms with Crippen LogP contribution < -0.4 is 0 Å². The van der Waals surface area contributed by atoms with Gasteiger partial charge < -0.3 is 14.2 Å². The van der Waals surface area contributed by atoms with Crippen molar-refractivity contribution in [2.24, 2.45) is 0 Å². The first kappa shape index (κ1) is 61.1. The van der Waals surface area contributed by atoms with E-state index in [9.17, 15) is 14.4 Å². The van der Waals surface area contributed by atoms with E-state index < -0.39 is 6.10 Å².